The second kappa shape index (κ2) is 8.65. The van der Waals surface area contributed by atoms with Gasteiger partial charge in [0.05, 0.1) is 0 Å². The molecule has 1 heterocycles. The molecule has 132 valence electrons. The Morgan fingerprint density at radius 2 is 2.00 bits per heavy atom. The third-order valence-electron chi connectivity index (χ3n) is 3.60. The molecular formula is C20H17ClN2O2S. The summed E-state index contributed by atoms with van der Waals surface area (Å²) in [5, 5.41) is 5.93. The lowest BCUT2D eigenvalue weighted by Crippen LogP contribution is -2.23. The van der Waals surface area contributed by atoms with Crippen LogP contribution in [0.15, 0.2) is 66.6 Å². The molecule has 0 fully saturated rings. The summed E-state index contributed by atoms with van der Waals surface area (Å²) in [5.74, 6) is 0.543. The lowest BCUT2D eigenvalue weighted by atomic mass is 10.2. The Hall–Kier alpha value is -2.63. The van der Waals surface area contributed by atoms with E-state index < -0.39 is 0 Å². The van der Waals surface area contributed by atoms with Crippen molar-refractivity contribution in [3.05, 3.63) is 82.8 Å². The van der Waals surface area contributed by atoms with E-state index in [9.17, 15) is 4.79 Å². The molecule has 0 aliphatic rings. The number of halogens is 1. The summed E-state index contributed by atoms with van der Waals surface area (Å²) in [6.45, 7) is 4.40. The van der Waals surface area contributed by atoms with E-state index in [0.29, 0.717) is 23.9 Å². The van der Waals surface area contributed by atoms with Gasteiger partial charge in [-0.2, -0.15) is 0 Å². The predicted octanol–water partition coefficient (Wildman–Crippen LogP) is 4.96. The zero-order chi connectivity index (χ0) is 18.4. The van der Waals surface area contributed by atoms with Crippen molar-refractivity contribution in [1.29, 1.82) is 0 Å². The largest absolute Gasteiger partial charge is 0.489 e. The maximum atomic E-state index is 11.9. The van der Waals surface area contributed by atoms with E-state index >= 15 is 0 Å². The average Bonchev–Trinajstić information content (AvgIpc) is 3.16. The highest BCUT2D eigenvalue weighted by Gasteiger charge is 2.11. The van der Waals surface area contributed by atoms with Crippen LogP contribution in [-0.4, -0.2) is 17.4 Å². The van der Waals surface area contributed by atoms with Crippen LogP contribution in [0.1, 0.15) is 16.1 Å². The third-order valence-corrected chi connectivity index (χ3v) is 4.86. The number of carbonyl (C=O) groups is 1. The van der Waals surface area contributed by atoms with E-state index in [2.05, 4.69) is 16.9 Å². The van der Waals surface area contributed by atoms with E-state index in [4.69, 9.17) is 16.3 Å². The predicted molar refractivity (Wildman–Crippen MR) is 106 cm³/mol. The van der Waals surface area contributed by atoms with E-state index in [1.807, 2.05) is 48.5 Å². The Labute approximate surface area is 161 Å². The molecule has 1 N–H and O–H groups in total. The molecular weight excluding hydrogens is 368 g/mol. The van der Waals surface area contributed by atoms with Gasteiger partial charge >= 0.3 is 0 Å². The van der Waals surface area contributed by atoms with E-state index in [1.54, 1.807) is 11.5 Å². The zero-order valence-electron chi connectivity index (χ0n) is 13.9. The van der Waals surface area contributed by atoms with E-state index in [1.165, 1.54) is 11.3 Å². The highest BCUT2D eigenvalue weighted by atomic mass is 35.5. The second-order valence-electron chi connectivity index (χ2n) is 5.44. The monoisotopic (exact) mass is 384 g/mol. The van der Waals surface area contributed by atoms with Crippen LogP contribution >= 0.6 is 22.9 Å². The standard InChI is InChI=1S/C20H17ClN2O2S/c1-2-11-22-19(24)18-13-26-20(23-18)14-7-9-16(10-8-14)25-12-15-5-3-4-6-17(15)21/h2-10,13H,1,11-12H2,(H,22,24). The van der Waals surface area contributed by atoms with Crippen molar-refractivity contribution < 1.29 is 9.53 Å². The fraction of sp³-hybridized carbons (Fsp3) is 0.100. The number of rotatable bonds is 7. The smallest absolute Gasteiger partial charge is 0.271 e. The molecule has 0 bridgehead atoms. The highest BCUT2D eigenvalue weighted by molar-refractivity contribution is 7.13. The summed E-state index contributed by atoms with van der Waals surface area (Å²) in [4.78, 5) is 16.3. The van der Waals surface area contributed by atoms with Gasteiger partial charge in [-0.05, 0) is 30.3 Å². The lowest BCUT2D eigenvalue weighted by molar-refractivity contribution is 0.0954. The van der Waals surface area contributed by atoms with E-state index in [0.717, 1.165) is 21.9 Å². The van der Waals surface area contributed by atoms with Gasteiger partial charge in [-0.3, -0.25) is 4.79 Å². The van der Waals surface area contributed by atoms with Gasteiger partial charge < -0.3 is 10.1 Å². The van der Waals surface area contributed by atoms with Gasteiger partial charge in [-0.25, -0.2) is 4.98 Å². The maximum Gasteiger partial charge on any atom is 0.271 e. The molecule has 1 amide bonds. The quantitative estimate of drug-likeness (QED) is 0.586. The fourth-order valence-corrected chi connectivity index (χ4v) is 3.23. The highest BCUT2D eigenvalue weighted by Crippen LogP contribution is 2.26. The van der Waals surface area contributed by atoms with Gasteiger partial charge in [0.15, 0.2) is 0 Å². The van der Waals surface area contributed by atoms with Crippen LogP contribution in [-0.2, 0) is 6.61 Å². The molecule has 0 saturated carbocycles. The number of hydrogen-bond donors (Lipinski definition) is 1. The number of carbonyl (C=O) groups excluding carboxylic acids is 1. The molecule has 4 nitrogen and oxygen atoms in total. The van der Waals surface area contributed by atoms with Crippen LogP contribution in [0, 0.1) is 0 Å². The van der Waals surface area contributed by atoms with Crippen LogP contribution in [0.4, 0.5) is 0 Å². The van der Waals surface area contributed by atoms with E-state index in [-0.39, 0.29) is 5.91 Å². The average molecular weight is 385 g/mol. The van der Waals surface area contributed by atoms with Crippen molar-refractivity contribution in [3.8, 4) is 16.3 Å². The molecule has 1 aromatic heterocycles. The molecule has 26 heavy (non-hydrogen) atoms. The molecule has 0 spiro atoms. The normalized spacial score (nSPS) is 10.3. The Bertz CT molecular complexity index is 906. The molecule has 6 heteroatoms. The molecule has 3 aromatic rings. The number of hydrogen-bond acceptors (Lipinski definition) is 4. The van der Waals surface area contributed by atoms with Gasteiger partial charge in [0.2, 0.25) is 0 Å². The minimum absolute atomic E-state index is 0.202. The SMILES string of the molecule is C=CCNC(=O)c1csc(-c2ccc(OCc3ccccc3Cl)cc2)n1. The summed E-state index contributed by atoms with van der Waals surface area (Å²) in [7, 11) is 0. The Kier molecular flexibility index (Phi) is 6.04. The molecule has 0 aliphatic heterocycles. The summed E-state index contributed by atoms with van der Waals surface area (Å²) in [6.07, 6.45) is 1.63. The maximum absolute atomic E-state index is 11.9. The molecule has 2 aromatic carbocycles. The van der Waals surface area contributed by atoms with Crippen LogP contribution in [0.2, 0.25) is 5.02 Å². The van der Waals surface area contributed by atoms with Gasteiger partial charge in [-0.15, -0.1) is 17.9 Å². The van der Waals surface area contributed by atoms with Crippen molar-refractivity contribution in [2.24, 2.45) is 0 Å². The molecule has 0 aliphatic carbocycles. The number of aromatic nitrogens is 1. The van der Waals surface area contributed by atoms with Crippen LogP contribution < -0.4 is 10.1 Å². The Balaban J connectivity index is 1.64. The number of ether oxygens (including phenoxy) is 1. The molecule has 0 unspecified atom stereocenters. The van der Waals surface area contributed by atoms with Crippen LogP contribution in [0.25, 0.3) is 10.6 Å². The number of thiazole rings is 1. The fourth-order valence-electron chi connectivity index (χ4n) is 2.24. The number of nitrogens with one attached hydrogen (secondary N) is 1. The first-order valence-corrected chi connectivity index (χ1v) is 9.24. The minimum atomic E-state index is -0.202. The molecule has 0 saturated heterocycles. The Morgan fingerprint density at radius 3 is 2.73 bits per heavy atom. The second-order valence-corrected chi connectivity index (χ2v) is 6.71. The summed E-state index contributed by atoms with van der Waals surface area (Å²) < 4.78 is 5.78. The van der Waals surface area contributed by atoms with Gasteiger partial charge in [-0.1, -0.05) is 35.9 Å². The summed E-state index contributed by atoms with van der Waals surface area (Å²) in [6, 6.07) is 15.2. The molecule has 0 radical (unpaired) electrons. The molecule has 3 rings (SSSR count). The van der Waals surface area contributed by atoms with Crippen molar-refractivity contribution in [1.82, 2.24) is 10.3 Å². The van der Waals surface area contributed by atoms with Crippen molar-refractivity contribution >= 4 is 28.8 Å². The van der Waals surface area contributed by atoms with Crippen molar-refractivity contribution in [3.63, 3.8) is 0 Å². The lowest BCUT2D eigenvalue weighted by Gasteiger charge is -2.08. The third kappa shape index (κ3) is 4.50. The minimum Gasteiger partial charge on any atom is -0.489 e. The number of nitrogens with zero attached hydrogens (tertiary/aromatic N) is 1. The van der Waals surface area contributed by atoms with Gasteiger partial charge in [0.1, 0.15) is 23.1 Å². The molecule has 0 atom stereocenters. The number of amides is 1. The first-order valence-electron chi connectivity index (χ1n) is 7.98. The topological polar surface area (TPSA) is 51.2 Å². The zero-order valence-corrected chi connectivity index (χ0v) is 15.5. The summed E-state index contributed by atoms with van der Waals surface area (Å²) >= 11 is 7.56. The summed E-state index contributed by atoms with van der Waals surface area (Å²) in [5.41, 5.74) is 2.28. The van der Waals surface area contributed by atoms with Crippen molar-refractivity contribution in [2.75, 3.05) is 6.54 Å². The number of benzene rings is 2. The Morgan fingerprint density at radius 1 is 1.23 bits per heavy atom. The first kappa shape index (κ1) is 18.2. The van der Waals surface area contributed by atoms with Crippen molar-refractivity contribution in [2.45, 2.75) is 6.61 Å². The first-order chi connectivity index (χ1) is 12.7. The van der Waals surface area contributed by atoms with Crippen LogP contribution in [0.3, 0.4) is 0 Å². The van der Waals surface area contributed by atoms with Gasteiger partial charge in [0.25, 0.3) is 5.91 Å². The van der Waals surface area contributed by atoms with Crippen LogP contribution in [0.5, 0.6) is 5.75 Å². The van der Waals surface area contributed by atoms with Gasteiger partial charge in [0, 0.05) is 28.1 Å².